The molecule has 0 aliphatic heterocycles. The van der Waals surface area contributed by atoms with Gasteiger partial charge in [0.1, 0.15) is 5.01 Å². The average molecular weight is 400 g/mol. The van der Waals surface area contributed by atoms with Crippen molar-refractivity contribution in [3.63, 3.8) is 0 Å². The molecule has 3 aromatic rings. The summed E-state index contributed by atoms with van der Waals surface area (Å²) in [7, 11) is 0. The highest BCUT2D eigenvalue weighted by Crippen LogP contribution is 2.28. The van der Waals surface area contributed by atoms with E-state index >= 15 is 0 Å². The van der Waals surface area contributed by atoms with Crippen molar-refractivity contribution in [1.29, 1.82) is 0 Å². The zero-order chi connectivity index (χ0) is 20.3. The zero-order valence-electron chi connectivity index (χ0n) is 16.8. The second-order valence-electron chi connectivity index (χ2n) is 8.00. The Kier molecular flexibility index (Phi) is 5.88. The van der Waals surface area contributed by atoms with Gasteiger partial charge in [0.2, 0.25) is 16.9 Å². The van der Waals surface area contributed by atoms with E-state index in [-0.39, 0.29) is 17.7 Å². The highest BCUT2D eigenvalue weighted by molar-refractivity contribution is 7.18. The van der Waals surface area contributed by atoms with E-state index in [1.807, 2.05) is 32.9 Å². The van der Waals surface area contributed by atoms with Gasteiger partial charge in [-0.1, -0.05) is 75.4 Å². The molecule has 0 bridgehead atoms. The van der Waals surface area contributed by atoms with Crippen LogP contribution >= 0.6 is 11.3 Å². The summed E-state index contributed by atoms with van der Waals surface area (Å²) >= 11 is 1.35. The number of aryl methyl sites for hydroxylation is 1. The zero-order valence-corrected chi connectivity index (χ0v) is 17.6. The first-order valence-corrected chi connectivity index (χ1v) is 10.1. The molecule has 0 aliphatic carbocycles. The largest absolute Gasteiger partial charge is 0.339 e. The first-order valence-electron chi connectivity index (χ1n) is 9.29. The fourth-order valence-corrected chi connectivity index (χ4v) is 3.23. The van der Waals surface area contributed by atoms with E-state index in [2.05, 4.69) is 51.6 Å². The Balaban J connectivity index is 1.56. The van der Waals surface area contributed by atoms with Crippen molar-refractivity contribution in [2.75, 3.05) is 5.32 Å². The number of carbonyl (C=O) groups excluding carboxylic acids is 1. The van der Waals surface area contributed by atoms with Crippen LogP contribution in [0.5, 0.6) is 0 Å². The topological polar surface area (TPSA) is 93.8 Å². The third-order valence-electron chi connectivity index (χ3n) is 4.20. The molecule has 3 rings (SSSR count). The van der Waals surface area contributed by atoms with Gasteiger partial charge in [-0.25, -0.2) is 0 Å². The van der Waals surface area contributed by atoms with Gasteiger partial charge < -0.3 is 9.84 Å². The highest BCUT2D eigenvalue weighted by Gasteiger charge is 2.21. The lowest BCUT2D eigenvalue weighted by atomic mass is 9.96. The lowest BCUT2D eigenvalue weighted by molar-refractivity contribution is -0.116. The van der Waals surface area contributed by atoms with Crippen LogP contribution in [0.4, 0.5) is 5.13 Å². The number of hydrogen-bond acceptors (Lipinski definition) is 7. The molecular weight excluding hydrogens is 374 g/mol. The molecule has 0 aliphatic rings. The van der Waals surface area contributed by atoms with Crippen LogP contribution in [0, 0.1) is 0 Å². The van der Waals surface area contributed by atoms with Crippen molar-refractivity contribution in [2.45, 2.75) is 58.8 Å². The summed E-state index contributed by atoms with van der Waals surface area (Å²) in [6, 6.07) is 8.25. The molecule has 148 valence electrons. The molecule has 7 nitrogen and oxygen atoms in total. The van der Waals surface area contributed by atoms with Gasteiger partial charge in [0.25, 0.3) is 0 Å². The number of anilines is 1. The van der Waals surface area contributed by atoms with Gasteiger partial charge in [0.05, 0.1) is 0 Å². The summed E-state index contributed by atoms with van der Waals surface area (Å²) < 4.78 is 5.21. The first kappa shape index (κ1) is 20.1. The number of aromatic nitrogens is 4. The number of hydrogen-bond donors (Lipinski definition) is 1. The van der Waals surface area contributed by atoms with Crippen LogP contribution < -0.4 is 5.32 Å². The Labute approximate surface area is 168 Å². The Hall–Kier alpha value is -2.61. The summed E-state index contributed by atoms with van der Waals surface area (Å²) in [5.74, 6) is 1.42. The van der Waals surface area contributed by atoms with Crippen LogP contribution in [0.2, 0.25) is 0 Å². The summed E-state index contributed by atoms with van der Waals surface area (Å²) in [5, 5.41) is 16.2. The summed E-state index contributed by atoms with van der Waals surface area (Å²) in [5.41, 5.74) is 2.08. The van der Waals surface area contributed by atoms with Gasteiger partial charge in [-0.15, -0.1) is 10.2 Å². The molecular formula is C20H25N5O2S. The summed E-state index contributed by atoms with van der Waals surface area (Å²) in [6.45, 7) is 10.4. The average Bonchev–Trinajstić information content (AvgIpc) is 3.29. The van der Waals surface area contributed by atoms with E-state index in [9.17, 15) is 4.79 Å². The molecule has 0 atom stereocenters. The van der Waals surface area contributed by atoms with E-state index < -0.39 is 0 Å². The standard InChI is InChI=1S/C20H25N5O2S/c1-12(2)13-6-8-14(9-7-13)17-23-24-19(28-17)21-15(26)10-11-16-22-18(25-27-16)20(3,4)5/h6-9,12H,10-11H2,1-5H3,(H,21,24,26). The molecule has 1 aromatic carbocycles. The maximum Gasteiger partial charge on any atom is 0.227 e. The summed E-state index contributed by atoms with van der Waals surface area (Å²) in [6.07, 6.45) is 0.626. The van der Waals surface area contributed by atoms with E-state index in [0.717, 1.165) is 10.6 Å². The Morgan fingerprint density at radius 3 is 2.50 bits per heavy atom. The number of rotatable bonds is 6. The number of nitrogens with zero attached hydrogens (tertiary/aromatic N) is 4. The SMILES string of the molecule is CC(C)c1ccc(-c2nnc(NC(=O)CCc3nc(C(C)(C)C)no3)s2)cc1. The minimum Gasteiger partial charge on any atom is -0.339 e. The molecule has 2 aromatic heterocycles. The van der Waals surface area contributed by atoms with Crippen LogP contribution in [-0.2, 0) is 16.6 Å². The van der Waals surface area contributed by atoms with Gasteiger partial charge in [-0.2, -0.15) is 4.98 Å². The van der Waals surface area contributed by atoms with Crippen molar-refractivity contribution in [3.8, 4) is 10.6 Å². The normalized spacial score (nSPS) is 11.8. The monoisotopic (exact) mass is 399 g/mol. The molecule has 0 unspecified atom stereocenters. The van der Waals surface area contributed by atoms with E-state index in [1.165, 1.54) is 16.9 Å². The fourth-order valence-electron chi connectivity index (χ4n) is 2.46. The molecule has 0 spiro atoms. The molecule has 1 N–H and O–H groups in total. The predicted molar refractivity (Wildman–Crippen MR) is 109 cm³/mol. The van der Waals surface area contributed by atoms with Crippen LogP contribution in [0.1, 0.15) is 64.2 Å². The number of nitrogens with one attached hydrogen (secondary N) is 1. The molecule has 2 heterocycles. The number of amides is 1. The van der Waals surface area contributed by atoms with Crippen molar-refractivity contribution in [2.24, 2.45) is 0 Å². The second-order valence-corrected chi connectivity index (χ2v) is 8.98. The Morgan fingerprint density at radius 2 is 1.89 bits per heavy atom. The smallest absolute Gasteiger partial charge is 0.227 e. The fraction of sp³-hybridized carbons (Fsp3) is 0.450. The van der Waals surface area contributed by atoms with Crippen molar-refractivity contribution >= 4 is 22.4 Å². The number of benzene rings is 1. The second kappa shape index (κ2) is 8.18. The van der Waals surface area contributed by atoms with Crippen LogP contribution in [0.3, 0.4) is 0 Å². The van der Waals surface area contributed by atoms with Gasteiger partial charge >= 0.3 is 0 Å². The third-order valence-corrected chi connectivity index (χ3v) is 5.09. The Morgan fingerprint density at radius 1 is 1.18 bits per heavy atom. The lowest BCUT2D eigenvalue weighted by Gasteiger charge is -2.10. The summed E-state index contributed by atoms with van der Waals surface area (Å²) in [4.78, 5) is 16.5. The highest BCUT2D eigenvalue weighted by atomic mass is 32.1. The Bertz CT molecular complexity index is 938. The van der Waals surface area contributed by atoms with E-state index in [0.29, 0.717) is 29.2 Å². The maximum absolute atomic E-state index is 12.2. The van der Waals surface area contributed by atoms with Crippen LogP contribution in [-0.4, -0.2) is 26.2 Å². The van der Waals surface area contributed by atoms with Crippen molar-refractivity contribution < 1.29 is 9.32 Å². The molecule has 1 amide bonds. The van der Waals surface area contributed by atoms with Crippen LogP contribution in [0.25, 0.3) is 10.6 Å². The minimum atomic E-state index is -0.180. The van der Waals surface area contributed by atoms with E-state index in [1.54, 1.807) is 0 Å². The molecule has 0 radical (unpaired) electrons. The number of carbonyl (C=O) groups is 1. The third kappa shape index (κ3) is 5.01. The molecule has 0 saturated carbocycles. The van der Waals surface area contributed by atoms with Gasteiger partial charge in [-0.05, 0) is 11.5 Å². The van der Waals surface area contributed by atoms with Crippen molar-refractivity contribution in [1.82, 2.24) is 20.3 Å². The van der Waals surface area contributed by atoms with Gasteiger partial charge in [-0.3, -0.25) is 4.79 Å². The molecule has 0 fully saturated rings. The first-order chi connectivity index (χ1) is 13.2. The van der Waals surface area contributed by atoms with Gasteiger partial charge in [0.15, 0.2) is 5.82 Å². The van der Waals surface area contributed by atoms with Gasteiger partial charge in [0, 0.05) is 23.8 Å². The molecule has 8 heteroatoms. The predicted octanol–water partition coefficient (Wildman–Crippen LogP) is 4.58. The van der Waals surface area contributed by atoms with Crippen molar-refractivity contribution in [3.05, 3.63) is 41.5 Å². The minimum absolute atomic E-state index is 0.159. The quantitative estimate of drug-likeness (QED) is 0.652. The van der Waals surface area contributed by atoms with Crippen LogP contribution in [0.15, 0.2) is 28.8 Å². The lowest BCUT2D eigenvalue weighted by Crippen LogP contribution is -2.14. The molecule has 28 heavy (non-hydrogen) atoms. The van der Waals surface area contributed by atoms with E-state index in [4.69, 9.17) is 4.52 Å². The molecule has 0 saturated heterocycles. The maximum atomic E-state index is 12.2.